The lowest BCUT2D eigenvalue weighted by atomic mass is 10.1. The lowest BCUT2D eigenvalue weighted by Gasteiger charge is -2.03. The van der Waals surface area contributed by atoms with Crippen molar-refractivity contribution in [3.63, 3.8) is 0 Å². The van der Waals surface area contributed by atoms with Gasteiger partial charge in [0, 0.05) is 30.3 Å². The van der Waals surface area contributed by atoms with Gasteiger partial charge in [0.2, 0.25) is 0 Å². The maximum Gasteiger partial charge on any atom is 0.251 e. The van der Waals surface area contributed by atoms with E-state index in [9.17, 15) is 14.4 Å². The summed E-state index contributed by atoms with van der Waals surface area (Å²) in [5.41, 5.74) is 4.91. The van der Waals surface area contributed by atoms with Gasteiger partial charge in [0.1, 0.15) is 0 Å². The number of carbonyl (C=O) groups is 3. The molecule has 1 aliphatic rings. The highest BCUT2D eigenvalue weighted by atomic mass is 16.2. The highest BCUT2D eigenvalue weighted by Crippen LogP contribution is 2.16. The van der Waals surface area contributed by atoms with Gasteiger partial charge in [-0.3, -0.25) is 14.4 Å². The molecule has 0 bridgehead atoms. The predicted molar refractivity (Wildman–Crippen MR) is 115 cm³/mol. The van der Waals surface area contributed by atoms with E-state index < -0.39 is 0 Å². The van der Waals surface area contributed by atoms with Gasteiger partial charge in [0.15, 0.2) is 6.29 Å². The number of aryl methyl sites for hydroxylation is 2. The lowest BCUT2D eigenvalue weighted by molar-refractivity contribution is 0.0953. The number of amides is 2. The van der Waals surface area contributed by atoms with Gasteiger partial charge in [-0.1, -0.05) is 57.0 Å². The van der Waals surface area contributed by atoms with Crippen molar-refractivity contribution < 1.29 is 14.4 Å². The summed E-state index contributed by atoms with van der Waals surface area (Å²) in [6.45, 7) is 12.6. The largest absolute Gasteiger partial charge is 0.355 e. The molecule has 0 saturated carbocycles. The lowest BCUT2D eigenvalue weighted by Crippen LogP contribution is -2.19. The molecule has 1 aliphatic heterocycles. The Morgan fingerprint density at radius 2 is 1.57 bits per heavy atom. The number of fused-ring (bicyclic) bond motifs is 1. The van der Waals surface area contributed by atoms with Crippen LogP contribution in [0.25, 0.3) is 0 Å². The first kappa shape index (κ1) is 25.1. The molecule has 0 fully saturated rings. The molecule has 152 valence electrons. The SMILES string of the molecule is CC.CC.CNC(=O)c1ccc(C)cc1C=O.Cc1ccc2c(c1)C(=O)NC2. The first-order chi connectivity index (χ1) is 13.5. The summed E-state index contributed by atoms with van der Waals surface area (Å²) >= 11 is 0. The molecule has 0 radical (unpaired) electrons. The Balaban J connectivity index is 0.000000445. The van der Waals surface area contributed by atoms with E-state index in [1.165, 1.54) is 7.05 Å². The Hall–Kier alpha value is -2.95. The molecule has 0 aliphatic carbocycles. The smallest absolute Gasteiger partial charge is 0.251 e. The van der Waals surface area contributed by atoms with Crippen molar-refractivity contribution in [1.82, 2.24) is 10.6 Å². The number of rotatable bonds is 2. The second kappa shape index (κ2) is 13.3. The molecule has 2 aromatic rings. The number of benzene rings is 2. The van der Waals surface area contributed by atoms with Gasteiger partial charge in [-0.15, -0.1) is 0 Å². The third kappa shape index (κ3) is 6.99. The van der Waals surface area contributed by atoms with Crippen LogP contribution in [0.3, 0.4) is 0 Å². The summed E-state index contributed by atoms with van der Waals surface area (Å²) in [6, 6.07) is 11.1. The number of nitrogens with one attached hydrogen (secondary N) is 2. The number of aldehydes is 1. The van der Waals surface area contributed by atoms with E-state index in [0.717, 1.165) is 22.3 Å². The number of hydrogen-bond acceptors (Lipinski definition) is 3. The molecule has 2 aromatic carbocycles. The van der Waals surface area contributed by atoms with Crippen LogP contribution in [0.4, 0.5) is 0 Å². The maximum absolute atomic E-state index is 11.2. The summed E-state index contributed by atoms with van der Waals surface area (Å²) in [7, 11) is 1.54. The minimum Gasteiger partial charge on any atom is -0.355 e. The molecule has 2 amide bonds. The molecule has 3 rings (SSSR count). The van der Waals surface area contributed by atoms with Crippen molar-refractivity contribution in [3.8, 4) is 0 Å². The highest BCUT2D eigenvalue weighted by molar-refractivity contribution is 6.01. The van der Waals surface area contributed by atoms with E-state index in [1.54, 1.807) is 18.2 Å². The average molecular weight is 385 g/mol. The standard InChI is InChI=1S/C10H11NO2.C9H9NO.2C2H6/c1-7-3-4-9(10(13)11-2)8(5-7)6-12;1-6-2-3-7-5-10-9(11)8(7)4-6;2*1-2/h3-6H,1-2H3,(H,11,13);2-4H,5H2,1H3,(H,10,11);2*1-2H3. The predicted octanol–water partition coefficient (Wildman–Crippen LogP) is 4.46. The van der Waals surface area contributed by atoms with Crippen LogP contribution in [0.5, 0.6) is 0 Å². The van der Waals surface area contributed by atoms with Crippen molar-refractivity contribution in [2.75, 3.05) is 7.05 Å². The summed E-state index contributed by atoms with van der Waals surface area (Å²) in [4.78, 5) is 33.0. The zero-order valence-corrected chi connectivity index (χ0v) is 18.0. The summed E-state index contributed by atoms with van der Waals surface area (Å²) in [5, 5.41) is 5.25. The molecule has 28 heavy (non-hydrogen) atoms. The summed E-state index contributed by atoms with van der Waals surface area (Å²) in [5.74, 6) is -0.175. The molecule has 5 nitrogen and oxygen atoms in total. The zero-order valence-electron chi connectivity index (χ0n) is 18.0. The third-order valence-electron chi connectivity index (χ3n) is 3.76. The molecule has 0 unspecified atom stereocenters. The molecule has 5 heteroatoms. The quantitative estimate of drug-likeness (QED) is 0.751. The Labute approximate surface area is 168 Å². The Morgan fingerprint density at radius 3 is 2.14 bits per heavy atom. The van der Waals surface area contributed by atoms with Gasteiger partial charge in [-0.25, -0.2) is 0 Å². The Bertz CT molecular complexity index is 798. The van der Waals surface area contributed by atoms with Gasteiger partial charge in [0.25, 0.3) is 11.8 Å². The fraction of sp³-hybridized carbons (Fsp3) is 0.348. The molecule has 0 saturated heterocycles. The van der Waals surface area contributed by atoms with Crippen molar-refractivity contribution in [3.05, 3.63) is 69.8 Å². The summed E-state index contributed by atoms with van der Waals surface area (Å²) in [6.07, 6.45) is 0.692. The first-order valence-corrected chi connectivity index (χ1v) is 9.62. The van der Waals surface area contributed by atoms with Crippen molar-refractivity contribution in [1.29, 1.82) is 0 Å². The van der Waals surface area contributed by atoms with E-state index in [0.29, 0.717) is 24.0 Å². The van der Waals surface area contributed by atoms with Crippen LogP contribution in [0.15, 0.2) is 36.4 Å². The van der Waals surface area contributed by atoms with E-state index >= 15 is 0 Å². The molecule has 2 N–H and O–H groups in total. The van der Waals surface area contributed by atoms with Gasteiger partial charge in [0.05, 0.1) is 0 Å². The number of carbonyl (C=O) groups excluding carboxylic acids is 3. The second-order valence-corrected chi connectivity index (χ2v) is 5.63. The zero-order chi connectivity index (χ0) is 21.7. The van der Waals surface area contributed by atoms with Crippen LogP contribution in [-0.4, -0.2) is 25.1 Å². The molecule has 0 spiro atoms. The Morgan fingerprint density at radius 1 is 1.00 bits per heavy atom. The fourth-order valence-corrected chi connectivity index (χ4v) is 2.45. The van der Waals surface area contributed by atoms with Crippen molar-refractivity contribution in [2.24, 2.45) is 0 Å². The fourth-order valence-electron chi connectivity index (χ4n) is 2.45. The van der Waals surface area contributed by atoms with E-state index in [4.69, 9.17) is 0 Å². The minimum atomic E-state index is -0.234. The van der Waals surface area contributed by atoms with E-state index in [1.807, 2.05) is 59.7 Å². The molecule has 0 aromatic heterocycles. The Kier molecular flexibility index (Phi) is 11.9. The van der Waals surface area contributed by atoms with Crippen LogP contribution < -0.4 is 10.6 Å². The van der Waals surface area contributed by atoms with E-state index in [-0.39, 0.29) is 11.8 Å². The van der Waals surface area contributed by atoms with Crippen LogP contribution >= 0.6 is 0 Å². The molecular weight excluding hydrogens is 352 g/mol. The first-order valence-electron chi connectivity index (χ1n) is 9.62. The minimum absolute atomic E-state index is 0.0590. The van der Waals surface area contributed by atoms with Gasteiger partial charge < -0.3 is 10.6 Å². The third-order valence-corrected chi connectivity index (χ3v) is 3.76. The molecule has 1 heterocycles. The highest BCUT2D eigenvalue weighted by Gasteiger charge is 2.17. The number of hydrogen-bond donors (Lipinski definition) is 2. The van der Waals surface area contributed by atoms with Crippen molar-refractivity contribution in [2.45, 2.75) is 48.1 Å². The van der Waals surface area contributed by atoms with Crippen molar-refractivity contribution >= 4 is 18.1 Å². The molecule has 0 atom stereocenters. The second-order valence-electron chi connectivity index (χ2n) is 5.63. The van der Waals surface area contributed by atoms with Gasteiger partial charge in [-0.2, -0.15) is 0 Å². The maximum atomic E-state index is 11.2. The average Bonchev–Trinajstić information content (AvgIpc) is 3.11. The normalized spacial score (nSPS) is 10.5. The van der Waals surface area contributed by atoms with Crippen LogP contribution in [0.2, 0.25) is 0 Å². The van der Waals surface area contributed by atoms with Crippen LogP contribution in [0, 0.1) is 13.8 Å². The van der Waals surface area contributed by atoms with Crippen LogP contribution in [0.1, 0.15) is 75.5 Å². The van der Waals surface area contributed by atoms with Crippen LogP contribution in [-0.2, 0) is 6.54 Å². The monoisotopic (exact) mass is 384 g/mol. The molecular formula is C23H32N2O3. The topological polar surface area (TPSA) is 75.3 Å². The van der Waals surface area contributed by atoms with Gasteiger partial charge in [-0.05, 0) is 37.6 Å². The van der Waals surface area contributed by atoms with E-state index in [2.05, 4.69) is 10.6 Å². The van der Waals surface area contributed by atoms with Gasteiger partial charge >= 0.3 is 0 Å². The summed E-state index contributed by atoms with van der Waals surface area (Å²) < 4.78 is 0.